The van der Waals surface area contributed by atoms with Crippen molar-refractivity contribution in [3.8, 4) is 5.75 Å². The Morgan fingerprint density at radius 3 is 3.12 bits per heavy atom. The molecule has 0 N–H and O–H groups in total. The minimum Gasteiger partial charge on any atom is -0.493 e. The summed E-state index contributed by atoms with van der Waals surface area (Å²) >= 11 is 0. The lowest BCUT2D eigenvalue weighted by atomic mass is 10.1. The molecule has 16 heavy (non-hydrogen) atoms. The highest BCUT2D eigenvalue weighted by Gasteiger charge is 2.59. The van der Waals surface area contributed by atoms with Crippen molar-refractivity contribution in [3.05, 3.63) is 29.8 Å². The second-order valence-corrected chi connectivity index (χ2v) is 4.32. The van der Waals surface area contributed by atoms with Gasteiger partial charge in [0.2, 0.25) is 0 Å². The summed E-state index contributed by atoms with van der Waals surface area (Å²) in [4.78, 5) is 11.7. The van der Waals surface area contributed by atoms with E-state index in [1.807, 2.05) is 31.2 Å². The summed E-state index contributed by atoms with van der Waals surface area (Å²) in [6, 6.07) is 7.96. The lowest BCUT2D eigenvalue weighted by molar-refractivity contribution is -0.145. The van der Waals surface area contributed by atoms with Crippen molar-refractivity contribution in [3.63, 3.8) is 0 Å². The number of esters is 1. The molecule has 1 aliphatic carbocycles. The third-order valence-electron chi connectivity index (χ3n) is 3.44. The molecule has 1 fully saturated rings. The van der Waals surface area contributed by atoms with Crippen LogP contribution < -0.4 is 4.74 Å². The standard InChI is InChI=1S/C13H14O3/c1-2-15-13(14)12-9-7-16-10-6-4-3-5-8(10)11(9)12/h3-6,9,11-12H,2,7H2,1H3/t9-,11+,12-/m1/s1. The van der Waals surface area contributed by atoms with Crippen LogP contribution in [-0.4, -0.2) is 19.2 Å². The van der Waals surface area contributed by atoms with Crippen LogP contribution in [0.15, 0.2) is 24.3 Å². The Morgan fingerprint density at radius 2 is 2.31 bits per heavy atom. The van der Waals surface area contributed by atoms with Crippen LogP contribution in [0.5, 0.6) is 5.75 Å². The number of hydrogen-bond acceptors (Lipinski definition) is 3. The Kier molecular flexibility index (Phi) is 2.13. The van der Waals surface area contributed by atoms with Crippen LogP contribution >= 0.6 is 0 Å². The van der Waals surface area contributed by atoms with Gasteiger partial charge in [0.05, 0.1) is 19.1 Å². The maximum Gasteiger partial charge on any atom is 0.309 e. The maximum atomic E-state index is 11.7. The smallest absolute Gasteiger partial charge is 0.309 e. The monoisotopic (exact) mass is 218 g/mol. The summed E-state index contributed by atoms with van der Waals surface area (Å²) in [5.41, 5.74) is 1.16. The van der Waals surface area contributed by atoms with Crippen molar-refractivity contribution in [1.82, 2.24) is 0 Å². The highest BCUT2D eigenvalue weighted by molar-refractivity contribution is 5.79. The number of para-hydroxylation sites is 1. The topological polar surface area (TPSA) is 35.5 Å². The van der Waals surface area contributed by atoms with Gasteiger partial charge < -0.3 is 9.47 Å². The molecule has 1 saturated carbocycles. The van der Waals surface area contributed by atoms with Crippen molar-refractivity contribution in [1.29, 1.82) is 0 Å². The Morgan fingerprint density at radius 1 is 1.50 bits per heavy atom. The fraction of sp³-hybridized carbons (Fsp3) is 0.462. The van der Waals surface area contributed by atoms with Crippen molar-refractivity contribution < 1.29 is 14.3 Å². The Bertz CT molecular complexity index is 427. The average molecular weight is 218 g/mol. The fourth-order valence-electron chi connectivity index (χ4n) is 2.64. The van der Waals surface area contributed by atoms with Crippen LogP contribution in [0.2, 0.25) is 0 Å². The molecule has 0 aromatic heterocycles. The summed E-state index contributed by atoms with van der Waals surface area (Å²) in [6.45, 7) is 2.94. The second-order valence-electron chi connectivity index (χ2n) is 4.32. The van der Waals surface area contributed by atoms with E-state index in [0.717, 1.165) is 11.3 Å². The molecule has 3 nitrogen and oxygen atoms in total. The van der Waals surface area contributed by atoms with E-state index in [9.17, 15) is 4.79 Å². The Balaban J connectivity index is 1.85. The normalized spacial score (nSPS) is 29.7. The average Bonchev–Trinajstić information content (AvgIpc) is 3.04. The van der Waals surface area contributed by atoms with Crippen LogP contribution in [0.4, 0.5) is 0 Å². The van der Waals surface area contributed by atoms with E-state index in [4.69, 9.17) is 9.47 Å². The Hall–Kier alpha value is -1.51. The number of benzene rings is 1. The molecule has 84 valence electrons. The molecule has 0 unspecified atom stereocenters. The van der Waals surface area contributed by atoms with Crippen LogP contribution in [0, 0.1) is 11.8 Å². The molecular weight excluding hydrogens is 204 g/mol. The highest BCUT2D eigenvalue weighted by atomic mass is 16.5. The highest BCUT2D eigenvalue weighted by Crippen LogP contribution is 2.59. The van der Waals surface area contributed by atoms with Gasteiger partial charge in [0.1, 0.15) is 5.75 Å². The van der Waals surface area contributed by atoms with Gasteiger partial charge in [-0.05, 0) is 18.6 Å². The molecule has 1 aromatic carbocycles. The van der Waals surface area contributed by atoms with Gasteiger partial charge in [-0.3, -0.25) is 4.79 Å². The summed E-state index contributed by atoms with van der Waals surface area (Å²) in [7, 11) is 0. The summed E-state index contributed by atoms with van der Waals surface area (Å²) in [5.74, 6) is 1.52. The molecule has 0 radical (unpaired) electrons. The quantitative estimate of drug-likeness (QED) is 0.712. The molecule has 1 aliphatic heterocycles. The van der Waals surface area contributed by atoms with E-state index in [1.165, 1.54) is 0 Å². The molecule has 1 aromatic rings. The van der Waals surface area contributed by atoms with E-state index in [-0.39, 0.29) is 11.9 Å². The number of carbonyl (C=O) groups excluding carboxylic acids is 1. The Labute approximate surface area is 94.4 Å². The summed E-state index contributed by atoms with van der Waals surface area (Å²) in [5, 5.41) is 0. The maximum absolute atomic E-state index is 11.7. The third-order valence-corrected chi connectivity index (χ3v) is 3.44. The van der Waals surface area contributed by atoms with Gasteiger partial charge in [-0.25, -0.2) is 0 Å². The first kappa shape index (κ1) is 9.70. The predicted octanol–water partition coefficient (Wildman–Crippen LogP) is 1.97. The van der Waals surface area contributed by atoms with Gasteiger partial charge in [0, 0.05) is 11.8 Å². The molecular formula is C13H14O3. The van der Waals surface area contributed by atoms with E-state index < -0.39 is 0 Å². The van der Waals surface area contributed by atoms with E-state index >= 15 is 0 Å². The van der Waals surface area contributed by atoms with Gasteiger partial charge in [-0.15, -0.1) is 0 Å². The van der Waals surface area contributed by atoms with Gasteiger partial charge >= 0.3 is 5.97 Å². The molecule has 1 heterocycles. The molecule has 3 heteroatoms. The zero-order chi connectivity index (χ0) is 11.1. The van der Waals surface area contributed by atoms with E-state index in [1.54, 1.807) is 0 Å². The molecule has 0 spiro atoms. The number of ether oxygens (including phenoxy) is 2. The number of hydrogen-bond donors (Lipinski definition) is 0. The zero-order valence-electron chi connectivity index (χ0n) is 9.18. The fourth-order valence-corrected chi connectivity index (χ4v) is 2.64. The summed E-state index contributed by atoms with van der Waals surface area (Å²) in [6.07, 6.45) is 0. The molecule has 0 amide bonds. The first-order chi connectivity index (χ1) is 7.83. The second kappa shape index (κ2) is 3.51. The lowest BCUT2D eigenvalue weighted by Crippen LogP contribution is -2.10. The predicted molar refractivity (Wildman–Crippen MR) is 58.3 cm³/mol. The largest absolute Gasteiger partial charge is 0.493 e. The van der Waals surface area contributed by atoms with Crippen molar-refractivity contribution in [2.75, 3.05) is 13.2 Å². The van der Waals surface area contributed by atoms with Gasteiger partial charge in [0.15, 0.2) is 0 Å². The number of carbonyl (C=O) groups is 1. The minimum atomic E-state index is -0.0715. The van der Waals surface area contributed by atoms with Crippen molar-refractivity contribution in [2.45, 2.75) is 12.8 Å². The number of rotatable bonds is 2. The van der Waals surface area contributed by atoms with Crippen LogP contribution in [0.1, 0.15) is 18.4 Å². The van der Waals surface area contributed by atoms with Crippen molar-refractivity contribution in [2.24, 2.45) is 11.8 Å². The van der Waals surface area contributed by atoms with Crippen LogP contribution in [-0.2, 0) is 9.53 Å². The van der Waals surface area contributed by atoms with E-state index in [2.05, 4.69) is 0 Å². The van der Waals surface area contributed by atoms with Crippen LogP contribution in [0.3, 0.4) is 0 Å². The van der Waals surface area contributed by atoms with Gasteiger partial charge in [0.25, 0.3) is 0 Å². The van der Waals surface area contributed by atoms with Gasteiger partial charge in [-0.1, -0.05) is 18.2 Å². The molecule has 0 saturated heterocycles. The van der Waals surface area contributed by atoms with Crippen LogP contribution in [0.25, 0.3) is 0 Å². The SMILES string of the molecule is CCOC(=O)[C@@H]1[C@@H]2COc3ccccc3[C@@H]21. The summed E-state index contributed by atoms with van der Waals surface area (Å²) < 4.78 is 10.7. The zero-order valence-corrected chi connectivity index (χ0v) is 9.18. The minimum absolute atomic E-state index is 0.0172. The number of fused-ring (bicyclic) bond motifs is 3. The van der Waals surface area contributed by atoms with E-state index in [0.29, 0.717) is 25.0 Å². The molecule has 3 atom stereocenters. The first-order valence-corrected chi connectivity index (χ1v) is 5.71. The third kappa shape index (κ3) is 1.31. The van der Waals surface area contributed by atoms with Crippen molar-refractivity contribution >= 4 is 5.97 Å². The van der Waals surface area contributed by atoms with Gasteiger partial charge in [-0.2, -0.15) is 0 Å². The molecule has 3 rings (SSSR count). The molecule has 0 bridgehead atoms. The first-order valence-electron chi connectivity index (χ1n) is 5.71. The molecule has 2 aliphatic rings. The lowest BCUT2D eigenvalue weighted by Gasteiger charge is -2.15.